The van der Waals surface area contributed by atoms with E-state index < -0.39 is 0 Å². The van der Waals surface area contributed by atoms with Gasteiger partial charge in [-0.3, -0.25) is 4.79 Å². The number of anilines is 1. The Morgan fingerprint density at radius 1 is 1.28 bits per heavy atom. The average molecular weight is 414 g/mol. The van der Waals surface area contributed by atoms with E-state index in [4.69, 9.17) is 11.6 Å². The maximum absolute atomic E-state index is 13.1. The first-order valence-electron chi connectivity index (χ1n) is 11.5. The van der Waals surface area contributed by atoms with Crippen molar-refractivity contribution in [3.05, 3.63) is 28.8 Å². The molecule has 6 rings (SSSR count). The molecule has 0 aromatic heterocycles. The van der Waals surface area contributed by atoms with Gasteiger partial charge in [-0.05, 0) is 92.2 Å². The Bertz CT molecular complexity index is 855. The maximum atomic E-state index is 13.1. The van der Waals surface area contributed by atoms with E-state index in [2.05, 4.69) is 22.5 Å². The second-order valence-corrected chi connectivity index (χ2v) is 11.3. The largest absolute Gasteiger partial charge is 0.366 e. The molecule has 1 aliphatic heterocycles. The summed E-state index contributed by atoms with van der Waals surface area (Å²) in [6.45, 7) is 5.95. The molecule has 1 aromatic rings. The smallest absolute Gasteiger partial charge is 0.252 e. The van der Waals surface area contributed by atoms with Crippen LogP contribution in [-0.2, 0) is 0 Å². The zero-order valence-electron chi connectivity index (χ0n) is 17.3. The van der Waals surface area contributed by atoms with Crippen molar-refractivity contribution in [2.75, 3.05) is 31.1 Å². The van der Waals surface area contributed by atoms with Gasteiger partial charge in [0.15, 0.2) is 0 Å². The number of halogens is 1. The lowest BCUT2D eigenvalue weighted by atomic mass is 9.55. The van der Waals surface area contributed by atoms with Crippen molar-refractivity contribution < 1.29 is 4.79 Å². The van der Waals surface area contributed by atoms with Gasteiger partial charge in [0.1, 0.15) is 0 Å². The first kappa shape index (κ1) is 18.5. The van der Waals surface area contributed by atoms with Gasteiger partial charge >= 0.3 is 0 Å². The van der Waals surface area contributed by atoms with Crippen LogP contribution in [0.15, 0.2) is 18.2 Å². The van der Waals surface area contributed by atoms with Gasteiger partial charge in [0, 0.05) is 37.9 Å². The van der Waals surface area contributed by atoms with Crippen molar-refractivity contribution in [3.8, 4) is 0 Å². The fraction of sp³-hybridized carbons (Fsp3) is 0.708. The monoisotopic (exact) mass is 413 g/mol. The van der Waals surface area contributed by atoms with Gasteiger partial charge in [0.05, 0.1) is 10.6 Å². The first-order valence-corrected chi connectivity index (χ1v) is 11.9. The van der Waals surface area contributed by atoms with Gasteiger partial charge in [0.2, 0.25) is 0 Å². The molecule has 1 spiro atoms. The predicted octanol–water partition coefficient (Wildman–Crippen LogP) is 4.08. The van der Waals surface area contributed by atoms with Crippen LogP contribution >= 0.6 is 11.6 Å². The number of carbonyl (C=O) groups is 1. The number of nitrogens with one attached hydrogen (secondary N) is 2. The lowest BCUT2D eigenvalue weighted by Crippen LogP contribution is -2.50. The number of nitrogens with zero attached hydrogens (tertiary/aromatic N) is 1. The van der Waals surface area contributed by atoms with E-state index in [1.165, 1.54) is 38.5 Å². The molecule has 0 radical (unpaired) electrons. The highest BCUT2D eigenvalue weighted by atomic mass is 35.5. The molecule has 4 aliphatic carbocycles. The van der Waals surface area contributed by atoms with Crippen LogP contribution in [0.3, 0.4) is 0 Å². The Morgan fingerprint density at radius 2 is 2.17 bits per heavy atom. The van der Waals surface area contributed by atoms with Gasteiger partial charge in [-0.1, -0.05) is 11.6 Å². The van der Waals surface area contributed by atoms with E-state index in [-0.39, 0.29) is 5.91 Å². The van der Waals surface area contributed by atoms with Crippen molar-refractivity contribution >= 4 is 23.2 Å². The van der Waals surface area contributed by atoms with E-state index in [1.54, 1.807) is 0 Å². The van der Waals surface area contributed by atoms with E-state index in [0.717, 1.165) is 49.6 Å². The molecule has 1 aromatic carbocycles. The Hall–Kier alpha value is -1.26. The molecule has 1 heterocycles. The summed E-state index contributed by atoms with van der Waals surface area (Å²) >= 11 is 6.46. The molecule has 156 valence electrons. The van der Waals surface area contributed by atoms with Gasteiger partial charge in [0.25, 0.3) is 5.91 Å². The third kappa shape index (κ3) is 2.71. The summed E-state index contributed by atoms with van der Waals surface area (Å²) in [5, 5.41) is 7.30. The number of carbonyl (C=O) groups excluding carboxylic acids is 1. The molecular formula is C24H32ClN3O. The molecule has 1 amide bonds. The van der Waals surface area contributed by atoms with Crippen molar-refractivity contribution in [2.45, 2.75) is 51.5 Å². The summed E-state index contributed by atoms with van der Waals surface area (Å²) < 4.78 is 0. The zero-order valence-corrected chi connectivity index (χ0v) is 18.1. The standard InChI is InChI=1S/C24H32ClN3O/c1-15-12-26-4-5-28(15)19-2-3-21(25)20(8-19)22(29)27-14-23-9-16-6-17-7-18(11-23)24(17,10-16)13-23/h2-3,8,15-18,26H,4-7,9-14H2,1H3,(H,27,29). The van der Waals surface area contributed by atoms with Crippen LogP contribution in [-0.4, -0.2) is 38.1 Å². The van der Waals surface area contributed by atoms with E-state index in [9.17, 15) is 4.79 Å². The van der Waals surface area contributed by atoms with Gasteiger partial charge in [-0.25, -0.2) is 0 Å². The van der Waals surface area contributed by atoms with E-state index in [1.807, 2.05) is 18.2 Å². The van der Waals surface area contributed by atoms with Crippen LogP contribution < -0.4 is 15.5 Å². The first-order chi connectivity index (χ1) is 14.0. The maximum Gasteiger partial charge on any atom is 0.252 e. The second-order valence-electron chi connectivity index (χ2n) is 10.8. The Labute approximate surface area is 178 Å². The molecule has 1 saturated heterocycles. The highest BCUT2D eigenvalue weighted by molar-refractivity contribution is 6.34. The quantitative estimate of drug-likeness (QED) is 0.781. The summed E-state index contributed by atoms with van der Waals surface area (Å²) in [5.74, 6) is 2.86. The predicted molar refractivity (Wildman–Crippen MR) is 117 cm³/mol. The minimum atomic E-state index is 0.000213. The number of fused-ring (bicyclic) bond motifs is 2. The minimum Gasteiger partial charge on any atom is -0.366 e. The summed E-state index contributed by atoms with van der Waals surface area (Å²) in [7, 11) is 0. The third-order valence-corrected chi connectivity index (χ3v) is 9.57. The van der Waals surface area contributed by atoms with Crippen molar-refractivity contribution in [1.82, 2.24) is 10.6 Å². The zero-order chi connectivity index (χ0) is 19.8. The van der Waals surface area contributed by atoms with Crippen LogP contribution in [0, 0.1) is 28.6 Å². The summed E-state index contributed by atoms with van der Waals surface area (Å²) in [6, 6.07) is 6.35. The van der Waals surface area contributed by atoms with Crippen molar-refractivity contribution in [3.63, 3.8) is 0 Å². The fourth-order valence-corrected chi connectivity index (χ4v) is 8.40. The fourth-order valence-electron chi connectivity index (χ4n) is 8.20. The molecular weight excluding hydrogens is 382 g/mol. The number of benzene rings is 1. The molecule has 2 N–H and O–H groups in total. The lowest BCUT2D eigenvalue weighted by molar-refractivity contribution is -0.00253. The molecule has 4 saturated carbocycles. The molecule has 5 fully saturated rings. The van der Waals surface area contributed by atoms with Gasteiger partial charge in [-0.2, -0.15) is 0 Å². The summed E-state index contributed by atoms with van der Waals surface area (Å²) in [5.41, 5.74) is 2.75. The van der Waals surface area contributed by atoms with Crippen LogP contribution in [0.5, 0.6) is 0 Å². The van der Waals surface area contributed by atoms with Gasteiger partial charge < -0.3 is 15.5 Å². The van der Waals surface area contributed by atoms with Crippen molar-refractivity contribution in [2.24, 2.45) is 28.6 Å². The Balaban J connectivity index is 1.18. The van der Waals surface area contributed by atoms with E-state index >= 15 is 0 Å². The minimum absolute atomic E-state index is 0.000213. The Kier molecular flexibility index (Phi) is 4.06. The molecule has 5 heteroatoms. The number of hydrogen-bond acceptors (Lipinski definition) is 3. The molecule has 29 heavy (non-hydrogen) atoms. The number of amides is 1. The molecule has 4 nitrogen and oxygen atoms in total. The van der Waals surface area contributed by atoms with Gasteiger partial charge in [-0.15, -0.1) is 0 Å². The van der Waals surface area contributed by atoms with Crippen LogP contribution in [0.1, 0.15) is 55.8 Å². The third-order valence-electron chi connectivity index (χ3n) is 9.24. The molecule has 5 aliphatic rings. The topological polar surface area (TPSA) is 44.4 Å². The summed E-state index contributed by atoms with van der Waals surface area (Å²) in [4.78, 5) is 15.5. The van der Waals surface area contributed by atoms with Crippen LogP contribution in [0.4, 0.5) is 5.69 Å². The highest BCUT2D eigenvalue weighted by Crippen LogP contribution is 2.78. The SMILES string of the molecule is CC1CNCCN1c1ccc(Cl)c(C(=O)NCC23CC4CC5CC(C2)C5(C4)C3)c1. The van der Waals surface area contributed by atoms with Crippen LogP contribution in [0.2, 0.25) is 5.02 Å². The number of piperazine rings is 1. The summed E-state index contributed by atoms with van der Waals surface area (Å²) in [6.07, 6.45) is 8.43. The number of hydrogen-bond donors (Lipinski definition) is 2. The van der Waals surface area contributed by atoms with E-state index in [0.29, 0.717) is 27.5 Å². The lowest BCUT2D eigenvalue weighted by Gasteiger charge is -2.49. The normalized spacial score (nSPS) is 41.9. The highest BCUT2D eigenvalue weighted by Gasteiger charge is 2.70. The van der Waals surface area contributed by atoms with Crippen molar-refractivity contribution in [1.29, 1.82) is 0 Å². The average Bonchev–Trinajstić information content (AvgIpc) is 3.02. The van der Waals surface area contributed by atoms with Crippen LogP contribution in [0.25, 0.3) is 0 Å². The number of rotatable bonds is 4. The molecule has 6 atom stereocenters. The molecule has 6 unspecified atom stereocenters. The Morgan fingerprint density at radius 3 is 3.03 bits per heavy atom. The molecule has 3 bridgehead atoms. The second kappa shape index (κ2) is 6.37.